The summed E-state index contributed by atoms with van der Waals surface area (Å²) in [4.78, 5) is 6.37. The molecule has 0 aliphatic carbocycles. The molecular weight excluding hydrogens is 464 g/mol. The highest BCUT2D eigenvalue weighted by Gasteiger charge is 2.17. The van der Waals surface area contributed by atoms with Crippen molar-refractivity contribution in [1.82, 2.24) is 9.88 Å². The molecule has 0 saturated heterocycles. The van der Waals surface area contributed by atoms with Crippen molar-refractivity contribution >= 4 is 49.9 Å². The lowest BCUT2D eigenvalue weighted by Crippen LogP contribution is -2.30. The van der Waals surface area contributed by atoms with Crippen LogP contribution in [0, 0.1) is 0 Å². The van der Waals surface area contributed by atoms with E-state index in [2.05, 4.69) is 50.1 Å². The first-order valence-corrected chi connectivity index (χ1v) is 7.15. The molecule has 0 bridgehead atoms. The Morgan fingerprint density at radius 3 is 2.62 bits per heavy atom. The van der Waals surface area contributed by atoms with Crippen molar-refractivity contribution in [3.63, 3.8) is 0 Å². The maximum Gasteiger partial charge on any atom is 0.152 e. The minimum atomic E-state index is 0. The van der Waals surface area contributed by atoms with E-state index in [1.165, 1.54) is 11.1 Å². The molecular formula is C15H17Br3N2O. The quantitative estimate of drug-likeness (QED) is 0.652. The van der Waals surface area contributed by atoms with E-state index in [0.29, 0.717) is 4.60 Å². The molecule has 0 fully saturated rings. The number of halogens is 3. The van der Waals surface area contributed by atoms with Gasteiger partial charge in [0.15, 0.2) is 5.75 Å². The zero-order chi connectivity index (χ0) is 13.2. The first-order chi connectivity index (χ1) is 9.24. The first kappa shape index (κ1) is 18.6. The van der Waals surface area contributed by atoms with Gasteiger partial charge in [0.05, 0.1) is 0 Å². The van der Waals surface area contributed by atoms with Crippen LogP contribution >= 0.6 is 49.9 Å². The second-order valence-electron chi connectivity index (χ2n) is 4.84. The zero-order valence-corrected chi connectivity index (χ0v) is 16.3. The third-order valence-electron chi connectivity index (χ3n) is 3.57. The van der Waals surface area contributed by atoms with Gasteiger partial charge < -0.3 is 5.11 Å². The van der Waals surface area contributed by atoms with E-state index in [4.69, 9.17) is 0 Å². The lowest BCUT2D eigenvalue weighted by Gasteiger charge is -2.28. The molecule has 2 aromatic rings. The van der Waals surface area contributed by atoms with E-state index >= 15 is 0 Å². The second kappa shape index (κ2) is 8.27. The van der Waals surface area contributed by atoms with Crippen LogP contribution in [0.15, 0.2) is 41.1 Å². The van der Waals surface area contributed by atoms with Gasteiger partial charge in [-0.1, -0.05) is 24.3 Å². The molecule has 6 heteroatoms. The van der Waals surface area contributed by atoms with Crippen LogP contribution in [-0.2, 0) is 19.5 Å². The molecule has 1 aromatic heterocycles. The van der Waals surface area contributed by atoms with Crippen LogP contribution in [0.5, 0.6) is 5.75 Å². The number of aromatic nitrogens is 1. The van der Waals surface area contributed by atoms with Gasteiger partial charge in [-0.3, -0.25) is 4.90 Å². The fraction of sp³-hybridized carbons (Fsp3) is 0.267. The van der Waals surface area contributed by atoms with Crippen molar-refractivity contribution in [1.29, 1.82) is 0 Å². The Morgan fingerprint density at radius 1 is 1.14 bits per heavy atom. The van der Waals surface area contributed by atoms with Crippen LogP contribution in [0.3, 0.4) is 0 Å². The highest BCUT2D eigenvalue weighted by Crippen LogP contribution is 2.28. The summed E-state index contributed by atoms with van der Waals surface area (Å²) in [6.45, 7) is 2.72. The number of benzene rings is 1. The summed E-state index contributed by atoms with van der Waals surface area (Å²) in [5, 5.41) is 9.99. The smallest absolute Gasteiger partial charge is 0.152 e. The molecule has 0 amide bonds. The van der Waals surface area contributed by atoms with Crippen molar-refractivity contribution in [3.8, 4) is 5.75 Å². The Kier molecular flexibility index (Phi) is 7.33. The van der Waals surface area contributed by atoms with Gasteiger partial charge in [0.25, 0.3) is 0 Å². The third kappa shape index (κ3) is 4.28. The van der Waals surface area contributed by atoms with Crippen molar-refractivity contribution in [2.24, 2.45) is 0 Å². The van der Waals surface area contributed by atoms with Crippen LogP contribution in [-0.4, -0.2) is 21.5 Å². The summed E-state index contributed by atoms with van der Waals surface area (Å²) in [5.41, 5.74) is 3.75. The lowest BCUT2D eigenvalue weighted by atomic mass is 9.99. The van der Waals surface area contributed by atoms with Gasteiger partial charge in [-0.15, -0.1) is 34.0 Å². The molecule has 1 aliphatic heterocycles. The molecule has 0 spiro atoms. The molecule has 0 unspecified atom stereocenters. The Labute approximate surface area is 154 Å². The van der Waals surface area contributed by atoms with Crippen molar-refractivity contribution < 1.29 is 5.11 Å². The third-order valence-corrected chi connectivity index (χ3v) is 4.15. The summed E-state index contributed by atoms with van der Waals surface area (Å²) in [7, 11) is 0. The van der Waals surface area contributed by atoms with Gasteiger partial charge in [0, 0.05) is 31.4 Å². The number of hydrogen-bond acceptors (Lipinski definition) is 3. The van der Waals surface area contributed by atoms with Crippen LogP contribution in [0.4, 0.5) is 0 Å². The first-order valence-electron chi connectivity index (χ1n) is 6.35. The summed E-state index contributed by atoms with van der Waals surface area (Å²) in [6.07, 6.45) is 2.79. The molecule has 2 heterocycles. The van der Waals surface area contributed by atoms with Gasteiger partial charge in [-0.2, -0.15) is 0 Å². The average molecular weight is 481 g/mol. The number of hydrogen-bond donors (Lipinski definition) is 1. The van der Waals surface area contributed by atoms with E-state index < -0.39 is 0 Å². The predicted molar refractivity (Wildman–Crippen MR) is 98.5 cm³/mol. The van der Waals surface area contributed by atoms with E-state index in [-0.39, 0.29) is 39.7 Å². The van der Waals surface area contributed by atoms with Gasteiger partial charge in [0.1, 0.15) is 4.60 Å². The highest BCUT2D eigenvalue weighted by molar-refractivity contribution is 9.10. The molecule has 1 aromatic carbocycles. The van der Waals surface area contributed by atoms with E-state index in [0.717, 1.165) is 31.6 Å². The number of fused-ring (bicyclic) bond motifs is 1. The number of aromatic hydroxyl groups is 1. The van der Waals surface area contributed by atoms with Gasteiger partial charge in [-0.05, 0) is 39.5 Å². The summed E-state index contributed by atoms with van der Waals surface area (Å²) in [6, 6.07) is 10.4. The number of pyridine rings is 1. The van der Waals surface area contributed by atoms with Gasteiger partial charge in [-0.25, -0.2) is 4.98 Å². The minimum absolute atomic E-state index is 0. The molecule has 114 valence electrons. The van der Waals surface area contributed by atoms with Crippen molar-refractivity contribution in [2.75, 3.05) is 6.54 Å². The largest absolute Gasteiger partial charge is 0.505 e. The molecule has 1 N–H and O–H groups in total. The topological polar surface area (TPSA) is 36.4 Å². The molecule has 0 radical (unpaired) electrons. The van der Waals surface area contributed by atoms with Crippen molar-refractivity contribution in [2.45, 2.75) is 19.5 Å². The Balaban J connectivity index is 0.00000110. The standard InChI is InChI=1S/C15H15BrN2O.2BrH/c16-15-14(19)13(5-7-17-15)10-18-8-6-11-3-1-2-4-12(11)9-18;;/h1-5,7,19H,6,8-10H2;2*1H. The fourth-order valence-electron chi connectivity index (χ4n) is 2.52. The van der Waals surface area contributed by atoms with E-state index in [1.807, 2.05) is 6.07 Å². The maximum atomic E-state index is 9.99. The van der Waals surface area contributed by atoms with Gasteiger partial charge in [0.2, 0.25) is 0 Å². The van der Waals surface area contributed by atoms with E-state index in [1.54, 1.807) is 6.20 Å². The van der Waals surface area contributed by atoms with Gasteiger partial charge >= 0.3 is 0 Å². The second-order valence-corrected chi connectivity index (χ2v) is 5.59. The molecule has 0 atom stereocenters. The zero-order valence-electron chi connectivity index (χ0n) is 11.3. The summed E-state index contributed by atoms with van der Waals surface area (Å²) >= 11 is 3.26. The molecule has 3 nitrogen and oxygen atoms in total. The average Bonchev–Trinajstić information content (AvgIpc) is 2.44. The molecule has 1 aliphatic rings. The SMILES string of the molecule is Br.Br.Oc1c(CN2CCc3ccccc3C2)ccnc1Br. The number of nitrogens with zero attached hydrogens (tertiary/aromatic N) is 2. The maximum absolute atomic E-state index is 9.99. The molecule has 3 rings (SSSR count). The highest BCUT2D eigenvalue weighted by atomic mass is 79.9. The summed E-state index contributed by atoms with van der Waals surface area (Å²) < 4.78 is 0.516. The minimum Gasteiger partial charge on any atom is -0.505 e. The normalized spacial score (nSPS) is 13.8. The van der Waals surface area contributed by atoms with E-state index in [9.17, 15) is 5.11 Å². The Morgan fingerprint density at radius 2 is 1.86 bits per heavy atom. The van der Waals surface area contributed by atoms with Crippen LogP contribution in [0.25, 0.3) is 0 Å². The Bertz CT molecular complexity index is 607. The van der Waals surface area contributed by atoms with Crippen LogP contribution in [0.2, 0.25) is 0 Å². The molecule has 0 saturated carbocycles. The van der Waals surface area contributed by atoms with Crippen LogP contribution in [0.1, 0.15) is 16.7 Å². The number of rotatable bonds is 2. The van der Waals surface area contributed by atoms with Crippen LogP contribution < -0.4 is 0 Å². The Hall–Kier alpha value is -0.430. The predicted octanol–water partition coefficient (Wildman–Crippen LogP) is 4.26. The monoisotopic (exact) mass is 478 g/mol. The fourth-order valence-corrected chi connectivity index (χ4v) is 2.90. The lowest BCUT2D eigenvalue weighted by molar-refractivity contribution is 0.242. The van der Waals surface area contributed by atoms with Crippen molar-refractivity contribution in [3.05, 3.63) is 57.8 Å². The summed E-state index contributed by atoms with van der Waals surface area (Å²) in [5.74, 6) is 0.251. The molecule has 21 heavy (non-hydrogen) atoms.